The first-order valence-electron chi connectivity index (χ1n) is 5.47. The number of carboxylic acid groups (broad SMARTS) is 1. The van der Waals surface area contributed by atoms with Crippen molar-refractivity contribution in [3.63, 3.8) is 0 Å². The maximum Gasteiger partial charge on any atom is 0.337 e. The van der Waals surface area contributed by atoms with E-state index in [-0.39, 0.29) is 28.7 Å². The van der Waals surface area contributed by atoms with Crippen molar-refractivity contribution in [2.24, 2.45) is 0 Å². The molecule has 104 valence electrons. The zero-order valence-electron chi connectivity index (χ0n) is 10.4. The number of phenols is 1. The van der Waals surface area contributed by atoms with E-state index in [0.29, 0.717) is 12.4 Å². The van der Waals surface area contributed by atoms with Gasteiger partial charge in [0.25, 0.3) is 0 Å². The molecule has 0 saturated heterocycles. The van der Waals surface area contributed by atoms with Crippen molar-refractivity contribution in [1.29, 1.82) is 0 Å². The summed E-state index contributed by atoms with van der Waals surface area (Å²) < 4.78 is 4.85. The van der Waals surface area contributed by atoms with Gasteiger partial charge in [0.15, 0.2) is 0 Å². The standard InChI is InChI=1S/C12H15NO5S/c1-18-4-5-19-7-11(15)13-10-3-2-8(14)6-9(10)12(16)17/h2-3,6,14H,4-5,7H2,1H3,(H,13,15)(H,16,17). The Morgan fingerprint density at radius 3 is 2.79 bits per heavy atom. The molecule has 0 aliphatic heterocycles. The van der Waals surface area contributed by atoms with Crippen molar-refractivity contribution in [2.45, 2.75) is 0 Å². The Bertz CT molecular complexity index is 463. The van der Waals surface area contributed by atoms with Gasteiger partial charge < -0.3 is 20.3 Å². The van der Waals surface area contributed by atoms with Gasteiger partial charge in [0.05, 0.1) is 23.6 Å². The molecular weight excluding hydrogens is 270 g/mol. The fourth-order valence-electron chi connectivity index (χ4n) is 1.31. The largest absolute Gasteiger partial charge is 0.508 e. The van der Waals surface area contributed by atoms with Crippen molar-refractivity contribution < 1.29 is 24.5 Å². The minimum absolute atomic E-state index is 0.143. The number of thioether (sulfide) groups is 1. The Labute approximate surface area is 114 Å². The number of aromatic hydroxyl groups is 1. The SMILES string of the molecule is COCCSCC(=O)Nc1ccc(O)cc1C(=O)O. The normalized spacial score (nSPS) is 10.2. The highest BCUT2D eigenvalue weighted by Crippen LogP contribution is 2.21. The maximum absolute atomic E-state index is 11.6. The molecule has 0 saturated carbocycles. The first-order valence-corrected chi connectivity index (χ1v) is 6.63. The molecule has 0 spiro atoms. The van der Waals surface area contributed by atoms with E-state index in [1.165, 1.54) is 23.9 Å². The van der Waals surface area contributed by atoms with Crippen LogP contribution in [0.4, 0.5) is 5.69 Å². The van der Waals surface area contributed by atoms with Crippen molar-refractivity contribution in [1.82, 2.24) is 0 Å². The van der Waals surface area contributed by atoms with Crippen LogP contribution in [0, 0.1) is 0 Å². The van der Waals surface area contributed by atoms with Crippen LogP contribution in [0.25, 0.3) is 0 Å². The number of aromatic carboxylic acids is 1. The number of benzene rings is 1. The van der Waals surface area contributed by atoms with Gasteiger partial charge in [-0.15, -0.1) is 11.8 Å². The second-order valence-electron chi connectivity index (χ2n) is 3.63. The lowest BCUT2D eigenvalue weighted by Crippen LogP contribution is -2.17. The van der Waals surface area contributed by atoms with Gasteiger partial charge in [-0.05, 0) is 18.2 Å². The predicted molar refractivity (Wildman–Crippen MR) is 72.9 cm³/mol. The van der Waals surface area contributed by atoms with Gasteiger partial charge in [0.1, 0.15) is 5.75 Å². The van der Waals surface area contributed by atoms with E-state index in [0.717, 1.165) is 6.07 Å². The molecule has 1 amide bonds. The summed E-state index contributed by atoms with van der Waals surface area (Å²) in [4.78, 5) is 22.6. The Morgan fingerprint density at radius 1 is 1.42 bits per heavy atom. The molecule has 0 aliphatic carbocycles. The third-order valence-corrected chi connectivity index (χ3v) is 3.09. The van der Waals surface area contributed by atoms with E-state index in [2.05, 4.69) is 5.32 Å². The Balaban J connectivity index is 2.61. The number of carbonyl (C=O) groups is 2. The molecule has 0 atom stereocenters. The van der Waals surface area contributed by atoms with E-state index in [1.54, 1.807) is 7.11 Å². The summed E-state index contributed by atoms with van der Waals surface area (Å²) in [5, 5.41) is 20.7. The van der Waals surface area contributed by atoms with Crippen LogP contribution in [-0.4, -0.2) is 47.3 Å². The van der Waals surface area contributed by atoms with Crippen LogP contribution in [0.3, 0.4) is 0 Å². The van der Waals surface area contributed by atoms with Gasteiger partial charge in [-0.3, -0.25) is 4.79 Å². The van der Waals surface area contributed by atoms with Crippen LogP contribution in [0.1, 0.15) is 10.4 Å². The first kappa shape index (κ1) is 15.3. The molecule has 0 unspecified atom stereocenters. The van der Waals surface area contributed by atoms with Crippen molar-refractivity contribution >= 4 is 29.3 Å². The number of rotatable bonds is 7. The predicted octanol–water partition coefficient (Wildman–Crippen LogP) is 1.41. The first-order chi connectivity index (χ1) is 9.04. The Morgan fingerprint density at radius 2 is 2.16 bits per heavy atom. The zero-order chi connectivity index (χ0) is 14.3. The summed E-state index contributed by atoms with van der Waals surface area (Å²) in [7, 11) is 1.58. The van der Waals surface area contributed by atoms with Gasteiger partial charge in [-0.2, -0.15) is 0 Å². The lowest BCUT2D eigenvalue weighted by Gasteiger charge is -2.08. The van der Waals surface area contributed by atoms with Gasteiger partial charge in [0, 0.05) is 12.9 Å². The summed E-state index contributed by atoms with van der Waals surface area (Å²) >= 11 is 1.39. The third-order valence-electron chi connectivity index (χ3n) is 2.17. The average Bonchev–Trinajstić information content (AvgIpc) is 2.36. The minimum Gasteiger partial charge on any atom is -0.508 e. The zero-order valence-corrected chi connectivity index (χ0v) is 11.2. The van der Waals surface area contributed by atoms with Crippen LogP contribution < -0.4 is 5.32 Å². The number of amides is 1. The fourth-order valence-corrected chi connectivity index (χ4v) is 2.00. The van der Waals surface area contributed by atoms with Crippen LogP contribution in [0.2, 0.25) is 0 Å². The third kappa shape index (κ3) is 5.19. The average molecular weight is 285 g/mol. The molecule has 0 heterocycles. The molecule has 7 heteroatoms. The van der Waals surface area contributed by atoms with Crippen molar-refractivity contribution in [3.8, 4) is 5.75 Å². The Kier molecular flexibility index (Phi) is 6.17. The second-order valence-corrected chi connectivity index (χ2v) is 4.73. The van der Waals surface area contributed by atoms with Crippen LogP contribution in [-0.2, 0) is 9.53 Å². The molecule has 3 N–H and O–H groups in total. The number of ether oxygens (including phenoxy) is 1. The quantitative estimate of drug-likeness (QED) is 0.518. The lowest BCUT2D eigenvalue weighted by atomic mass is 10.1. The summed E-state index contributed by atoms with van der Waals surface area (Å²) in [6, 6.07) is 3.77. The molecule has 1 aromatic carbocycles. The topological polar surface area (TPSA) is 95.9 Å². The monoisotopic (exact) mass is 285 g/mol. The molecule has 0 aliphatic rings. The molecule has 0 bridgehead atoms. The van der Waals surface area contributed by atoms with E-state index in [1.807, 2.05) is 0 Å². The molecule has 19 heavy (non-hydrogen) atoms. The molecule has 1 rings (SSSR count). The summed E-state index contributed by atoms with van der Waals surface area (Å²) in [5.41, 5.74) is 0.0258. The van der Waals surface area contributed by atoms with E-state index < -0.39 is 5.97 Å². The molecule has 6 nitrogen and oxygen atoms in total. The smallest absolute Gasteiger partial charge is 0.337 e. The van der Waals surface area contributed by atoms with E-state index in [9.17, 15) is 14.7 Å². The van der Waals surface area contributed by atoms with Gasteiger partial charge >= 0.3 is 5.97 Å². The lowest BCUT2D eigenvalue weighted by molar-refractivity contribution is -0.113. The number of methoxy groups -OCH3 is 1. The van der Waals surface area contributed by atoms with Crippen LogP contribution in [0.5, 0.6) is 5.75 Å². The van der Waals surface area contributed by atoms with Gasteiger partial charge in [-0.1, -0.05) is 0 Å². The fraction of sp³-hybridized carbons (Fsp3) is 0.333. The number of hydrogen-bond acceptors (Lipinski definition) is 5. The van der Waals surface area contributed by atoms with Crippen LogP contribution >= 0.6 is 11.8 Å². The summed E-state index contributed by atoms with van der Waals surface area (Å²) in [5.74, 6) is -0.772. The molecule has 0 aromatic heterocycles. The number of hydrogen-bond donors (Lipinski definition) is 3. The number of carbonyl (C=O) groups excluding carboxylic acids is 1. The maximum atomic E-state index is 11.6. The molecule has 1 aromatic rings. The number of carboxylic acids is 1. The summed E-state index contributed by atoms with van der Waals surface area (Å²) in [6.45, 7) is 0.553. The highest BCUT2D eigenvalue weighted by Gasteiger charge is 2.13. The number of phenolic OH excluding ortho intramolecular Hbond substituents is 1. The van der Waals surface area contributed by atoms with E-state index in [4.69, 9.17) is 9.84 Å². The van der Waals surface area contributed by atoms with Crippen LogP contribution in [0.15, 0.2) is 18.2 Å². The number of anilines is 1. The van der Waals surface area contributed by atoms with Gasteiger partial charge in [-0.25, -0.2) is 4.79 Å². The van der Waals surface area contributed by atoms with E-state index >= 15 is 0 Å². The molecule has 0 radical (unpaired) electrons. The molecule has 0 fully saturated rings. The Hall–Kier alpha value is -1.73. The summed E-state index contributed by atoms with van der Waals surface area (Å²) in [6.07, 6.45) is 0. The van der Waals surface area contributed by atoms with Gasteiger partial charge in [0.2, 0.25) is 5.91 Å². The number of nitrogens with one attached hydrogen (secondary N) is 1. The van der Waals surface area contributed by atoms with Crippen molar-refractivity contribution in [2.75, 3.05) is 30.5 Å². The highest BCUT2D eigenvalue weighted by molar-refractivity contribution is 7.99. The minimum atomic E-state index is -1.21. The van der Waals surface area contributed by atoms with Crippen molar-refractivity contribution in [3.05, 3.63) is 23.8 Å². The second kappa shape index (κ2) is 7.65. The molecular formula is C12H15NO5S. The highest BCUT2D eigenvalue weighted by atomic mass is 32.2.